The van der Waals surface area contributed by atoms with E-state index in [1.807, 2.05) is 0 Å². The normalized spacial score (nSPS) is 16.0. The average Bonchev–Trinajstić information content (AvgIpc) is 3.46. The Hall–Kier alpha value is -3.29. The molecule has 0 atom stereocenters. The highest BCUT2D eigenvalue weighted by molar-refractivity contribution is 7.13. The Morgan fingerprint density at radius 3 is 2.57 bits per heavy atom. The molecular formula is C23H28F3N7O3S. The van der Waals surface area contributed by atoms with E-state index in [0.717, 1.165) is 11.3 Å². The third-order valence-electron chi connectivity index (χ3n) is 5.45. The smallest absolute Gasteiger partial charge is 0.416 e. The van der Waals surface area contributed by atoms with Crippen molar-refractivity contribution in [1.29, 1.82) is 0 Å². The number of thiazole rings is 1. The molecular weight excluding hydrogens is 511 g/mol. The molecule has 1 aliphatic carbocycles. The van der Waals surface area contributed by atoms with Gasteiger partial charge >= 0.3 is 6.09 Å². The van der Waals surface area contributed by atoms with Crippen molar-refractivity contribution >= 4 is 23.2 Å². The third-order valence-corrected chi connectivity index (χ3v) is 6.34. The van der Waals surface area contributed by atoms with Gasteiger partial charge in [-0.1, -0.05) is 0 Å². The van der Waals surface area contributed by atoms with E-state index in [9.17, 15) is 18.0 Å². The lowest BCUT2D eigenvalue weighted by atomic mass is 9.91. The van der Waals surface area contributed by atoms with E-state index in [-0.39, 0.29) is 55.5 Å². The summed E-state index contributed by atoms with van der Waals surface area (Å²) < 4.78 is 54.0. The van der Waals surface area contributed by atoms with Gasteiger partial charge in [-0.3, -0.25) is 9.58 Å². The van der Waals surface area contributed by atoms with Gasteiger partial charge in [0.2, 0.25) is 11.8 Å². The molecule has 0 radical (unpaired) electrons. The molecule has 3 heterocycles. The molecule has 3 aromatic heterocycles. The van der Waals surface area contributed by atoms with E-state index in [0.29, 0.717) is 10.8 Å². The van der Waals surface area contributed by atoms with Gasteiger partial charge < -0.3 is 9.47 Å². The Bertz CT molecular complexity index is 1230. The Kier molecular flexibility index (Phi) is 7.67. The van der Waals surface area contributed by atoms with E-state index < -0.39 is 30.3 Å². The molecule has 1 fully saturated rings. The second kappa shape index (κ2) is 10.6. The fourth-order valence-electron chi connectivity index (χ4n) is 3.79. The number of hydrogen-bond donors (Lipinski definition) is 0. The predicted octanol–water partition coefficient (Wildman–Crippen LogP) is 5.10. The van der Waals surface area contributed by atoms with Crippen molar-refractivity contribution in [2.45, 2.75) is 77.3 Å². The largest absolute Gasteiger partial charge is 0.469 e. The van der Waals surface area contributed by atoms with Crippen LogP contribution in [0, 0.1) is 0 Å². The minimum atomic E-state index is -2.79. The van der Waals surface area contributed by atoms with E-state index in [4.69, 9.17) is 9.47 Å². The first-order valence-corrected chi connectivity index (χ1v) is 12.6. The summed E-state index contributed by atoms with van der Waals surface area (Å²) in [6.45, 7) is 4.36. The van der Waals surface area contributed by atoms with Gasteiger partial charge in [-0.2, -0.15) is 10.1 Å². The fraction of sp³-hybridized carbons (Fsp3) is 0.565. The summed E-state index contributed by atoms with van der Waals surface area (Å²) in [4.78, 5) is 31.8. The topological polar surface area (TPSA) is 108 Å². The summed E-state index contributed by atoms with van der Waals surface area (Å²) >= 11 is 1.13. The Morgan fingerprint density at radius 1 is 1.24 bits per heavy atom. The molecule has 14 heteroatoms. The number of rotatable bonds is 7. The van der Waals surface area contributed by atoms with Crippen LogP contribution in [0.2, 0.25) is 0 Å². The molecule has 1 aliphatic rings. The molecule has 200 valence electrons. The van der Waals surface area contributed by atoms with E-state index in [1.165, 1.54) is 22.0 Å². The number of carbonyl (C=O) groups excluding carboxylic acids is 1. The van der Waals surface area contributed by atoms with Crippen LogP contribution < -0.4 is 9.64 Å². The molecule has 0 saturated heterocycles. The van der Waals surface area contributed by atoms with Crippen LogP contribution in [-0.2, 0) is 25.1 Å². The summed E-state index contributed by atoms with van der Waals surface area (Å²) in [5, 5.41) is 6.02. The van der Waals surface area contributed by atoms with Gasteiger partial charge in [0.15, 0.2) is 23.3 Å². The molecule has 37 heavy (non-hydrogen) atoms. The maximum Gasteiger partial charge on any atom is 0.416 e. The number of nitrogens with zero attached hydrogens (tertiary/aromatic N) is 7. The van der Waals surface area contributed by atoms with Crippen LogP contribution in [0.3, 0.4) is 0 Å². The summed E-state index contributed by atoms with van der Waals surface area (Å²) in [5.74, 6) is -2.10. The van der Waals surface area contributed by atoms with E-state index in [2.05, 4.69) is 25.0 Å². The number of ether oxygens (including phenoxy) is 2. The van der Waals surface area contributed by atoms with Crippen molar-refractivity contribution in [2.75, 3.05) is 4.90 Å². The number of alkyl halides is 3. The Balaban J connectivity index is 1.73. The van der Waals surface area contributed by atoms with Crippen molar-refractivity contribution in [3.63, 3.8) is 0 Å². The lowest BCUT2D eigenvalue weighted by Crippen LogP contribution is -2.47. The lowest BCUT2D eigenvalue weighted by molar-refractivity contribution is -0.0388. The quantitative estimate of drug-likeness (QED) is 0.408. The summed E-state index contributed by atoms with van der Waals surface area (Å²) in [6.07, 6.45) is 0.179. The predicted molar refractivity (Wildman–Crippen MR) is 129 cm³/mol. The molecule has 1 saturated carbocycles. The molecule has 10 nitrogen and oxygen atoms in total. The summed E-state index contributed by atoms with van der Waals surface area (Å²) in [7, 11) is 1.72. The summed E-state index contributed by atoms with van der Waals surface area (Å²) in [5.41, 5.74) is -0.619. The van der Waals surface area contributed by atoms with Crippen LogP contribution in [0.25, 0.3) is 10.8 Å². The zero-order chi connectivity index (χ0) is 26.8. The number of aromatic nitrogens is 6. The van der Waals surface area contributed by atoms with Gasteiger partial charge in [0.25, 0.3) is 0 Å². The van der Waals surface area contributed by atoms with Crippen molar-refractivity contribution in [3.8, 4) is 16.7 Å². The van der Waals surface area contributed by atoms with Crippen LogP contribution in [0.5, 0.6) is 5.88 Å². The highest BCUT2D eigenvalue weighted by atomic mass is 32.1. The molecule has 3 aromatic rings. The first-order chi connectivity index (χ1) is 17.4. The highest BCUT2D eigenvalue weighted by Crippen LogP contribution is 2.38. The molecule has 1 amide bonds. The minimum Gasteiger partial charge on any atom is -0.469 e. The first-order valence-electron chi connectivity index (χ1n) is 11.7. The zero-order valence-corrected chi connectivity index (χ0v) is 21.8. The van der Waals surface area contributed by atoms with Gasteiger partial charge in [-0.15, -0.1) is 11.3 Å². The number of anilines is 1. The van der Waals surface area contributed by atoms with Crippen molar-refractivity contribution in [1.82, 2.24) is 29.7 Å². The molecule has 0 aliphatic heterocycles. The van der Waals surface area contributed by atoms with Crippen LogP contribution >= 0.6 is 11.3 Å². The van der Waals surface area contributed by atoms with Crippen molar-refractivity contribution < 1.29 is 27.4 Å². The van der Waals surface area contributed by atoms with Gasteiger partial charge in [0.05, 0.1) is 5.69 Å². The van der Waals surface area contributed by atoms with Gasteiger partial charge in [0, 0.05) is 37.4 Å². The molecule has 0 spiro atoms. The number of aryl methyl sites for hydroxylation is 1. The van der Waals surface area contributed by atoms with Crippen LogP contribution in [0.15, 0.2) is 17.8 Å². The average molecular weight is 540 g/mol. The molecule has 0 unspecified atom stereocenters. The van der Waals surface area contributed by atoms with Crippen molar-refractivity contribution in [3.05, 3.63) is 29.3 Å². The number of hydrogen-bond acceptors (Lipinski definition) is 9. The standard InChI is InChI=1S/C23H28F3N7O3S/c1-22(2,3)36-21(34)33(15-5-7-23(25,26)8-6-15)17-9-18(35-11-16-27-13-32(4)31-16)30-19(29-17)20-28-14(10-24)12-37-20/h9,12-13,15H,5-8,10-11H2,1-4H3. The first kappa shape index (κ1) is 26.8. The maximum absolute atomic E-state index is 13.9. The number of carbonyl (C=O) groups is 1. The van der Waals surface area contributed by atoms with Crippen LogP contribution in [0.1, 0.15) is 58.0 Å². The summed E-state index contributed by atoms with van der Waals surface area (Å²) in [6, 6.07) is 0.854. The van der Waals surface area contributed by atoms with Gasteiger partial charge in [-0.25, -0.2) is 32.9 Å². The van der Waals surface area contributed by atoms with E-state index in [1.54, 1.807) is 33.2 Å². The number of halogens is 3. The molecule has 0 bridgehead atoms. The van der Waals surface area contributed by atoms with Crippen LogP contribution in [-0.4, -0.2) is 53.4 Å². The van der Waals surface area contributed by atoms with Gasteiger partial charge in [-0.05, 0) is 33.6 Å². The van der Waals surface area contributed by atoms with E-state index >= 15 is 0 Å². The molecule has 4 rings (SSSR count). The Labute approximate surface area is 215 Å². The van der Waals surface area contributed by atoms with Crippen molar-refractivity contribution in [2.24, 2.45) is 7.05 Å². The van der Waals surface area contributed by atoms with Crippen LogP contribution in [0.4, 0.5) is 23.8 Å². The SMILES string of the molecule is Cn1cnc(COc2cc(N(C(=O)OC(C)(C)C)C3CCC(F)(F)CC3)nc(-c3nc(CF)cs3)n2)n1. The third kappa shape index (κ3) is 6.93. The fourth-order valence-corrected chi connectivity index (χ4v) is 4.52. The van der Waals surface area contributed by atoms with Gasteiger partial charge in [0.1, 0.15) is 24.4 Å². The molecule has 0 N–H and O–H groups in total. The highest BCUT2D eigenvalue weighted by Gasteiger charge is 2.40. The second-order valence-electron chi connectivity index (χ2n) is 9.73. The minimum absolute atomic E-state index is 0.0214. The number of amides is 1. The Morgan fingerprint density at radius 2 is 1.97 bits per heavy atom. The lowest BCUT2D eigenvalue weighted by Gasteiger charge is -2.37. The monoisotopic (exact) mass is 539 g/mol. The molecule has 0 aromatic carbocycles. The maximum atomic E-state index is 13.9. The second-order valence-corrected chi connectivity index (χ2v) is 10.6. The zero-order valence-electron chi connectivity index (χ0n) is 20.9.